The Hall–Kier alpha value is -8.50. The molecule has 3 saturated heterocycles. The van der Waals surface area contributed by atoms with Gasteiger partial charge < -0.3 is 63.4 Å². The second-order valence-electron chi connectivity index (χ2n) is 27.5. The topological polar surface area (TPSA) is 236 Å². The van der Waals surface area contributed by atoms with Crippen LogP contribution in [0, 0.1) is 17.2 Å². The average molecular weight is 1380 g/mol. The van der Waals surface area contributed by atoms with E-state index in [2.05, 4.69) is 109 Å². The Labute approximate surface area is 591 Å². The van der Waals surface area contributed by atoms with Crippen LogP contribution in [0.15, 0.2) is 115 Å². The Balaban J connectivity index is 0.00000137. The minimum atomic E-state index is -0.538. The first-order valence-corrected chi connectivity index (χ1v) is 36.4. The van der Waals surface area contributed by atoms with Crippen LogP contribution in [0.25, 0.3) is 32.8 Å². The number of amides is 3. The number of nitrogens with one attached hydrogen (secondary N) is 2. The molecule has 0 radical (unpaired) electrons. The van der Waals surface area contributed by atoms with Crippen LogP contribution in [0.1, 0.15) is 113 Å². The molecule has 5 aromatic carbocycles. The molecule has 12 rings (SSSR count). The fraction of sp³-hybridized carbons (Fsp3) is 0.506. The third-order valence-electron chi connectivity index (χ3n) is 19.6. The van der Waals surface area contributed by atoms with Gasteiger partial charge in [0.15, 0.2) is 0 Å². The van der Waals surface area contributed by atoms with Crippen LogP contribution >= 0.6 is 11.3 Å². The number of carbonyl (C=O) groups excluding carboxylic acids is 4. The smallest absolute Gasteiger partial charge is 0.410 e. The molecule has 0 unspecified atom stereocenters. The van der Waals surface area contributed by atoms with Crippen molar-refractivity contribution in [2.45, 2.75) is 147 Å². The number of nitrogens with zero attached hydrogens (tertiary/aromatic N) is 9. The van der Waals surface area contributed by atoms with Gasteiger partial charge in [0.1, 0.15) is 48.0 Å². The highest BCUT2D eigenvalue weighted by Gasteiger charge is 2.41. The number of hydrogen-bond donors (Lipinski definition) is 2. The van der Waals surface area contributed by atoms with E-state index >= 15 is 0 Å². The Morgan fingerprint density at radius 3 is 2.25 bits per heavy atom. The largest absolute Gasteiger partial charge is 0.491 e. The summed E-state index contributed by atoms with van der Waals surface area (Å²) in [7, 11) is 3.85. The van der Waals surface area contributed by atoms with E-state index in [1.54, 1.807) is 23.3 Å². The summed E-state index contributed by atoms with van der Waals surface area (Å²) < 4.78 is 41.4. The summed E-state index contributed by atoms with van der Waals surface area (Å²) in [5.41, 5.74) is 5.58. The number of aromatic nitrogens is 3. The van der Waals surface area contributed by atoms with Gasteiger partial charge in [-0.3, -0.25) is 19.3 Å². The lowest BCUT2D eigenvalue weighted by molar-refractivity contribution is -0.139. The van der Waals surface area contributed by atoms with Gasteiger partial charge >= 0.3 is 12.1 Å². The number of fused-ring (bicyclic) bond motifs is 3. The Bertz CT molecular complexity index is 3890. The number of ether oxygens (including phenoxy) is 7. The molecule has 6 heterocycles. The Morgan fingerprint density at radius 1 is 0.750 bits per heavy atom. The lowest BCUT2D eigenvalue weighted by Gasteiger charge is -2.42. The number of benzene rings is 5. The van der Waals surface area contributed by atoms with Crippen LogP contribution in [-0.4, -0.2) is 190 Å². The quantitative estimate of drug-likeness (QED) is 0.0360. The zero-order valence-electron chi connectivity index (χ0n) is 58.7. The number of hydrogen-bond acceptors (Lipinski definition) is 20. The number of nitriles is 1. The number of rotatable bonds is 27. The third kappa shape index (κ3) is 18.7. The number of likely N-dealkylation sites (tertiary alicyclic amines) is 2. The van der Waals surface area contributed by atoms with Crippen molar-refractivity contribution in [3.05, 3.63) is 136 Å². The molecule has 0 bridgehead atoms. The summed E-state index contributed by atoms with van der Waals surface area (Å²) in [4.78, 5) is 76.7. The van der Waals surface area contributed by atoms with Crippen LogP contribution in [0.2, 0.25) is 0 Å². The number of piperazine rings is 1. The SMILES string of the molecule is CC(C)(C)OC=O.CN[C@@H](C)C(=O)N[C@H](C(=O)N1CCC[C@H]1c1nc(-c2ccc(OCCOCCOCCO[C@@H]3C[C@@H](COc4nc5c(c(N6CCN(C(=O)OCc7ccccc7)[C@@H](CC#N)C6)n4)CCN(c4cccc6ccccc46)C5)N(C)C3)c3ccccc23)cs1)C1CCCCC1. The molecular weight excluding hydrogens is 1290 g/mol. The summed E-state index contributed by atoms with van der Waals surface area (Å²) in [5.74, 6) is 1.56. The standard InChI is InChI=1S/C72H87N11O9S.C5H10O2/c1-49(74-2)68(84)77-66(52-19-8-5-9-20-52)70(85)83-32-15-26-64(83)69-75-62(48-93-69)58-27-28-65(59-24-13-12-23-57(58)59)90-41-39-88-37-36-87-38-40-89-55-42-54(79(3)44-55)47-91-71-76-61-45-80(63-25-14-21-51-18-10-11-22-56(51)63)33-30-60(61)67(78-71)81-34-35-82(53(43-81)29-31-73)72(86)92-46-50-16-6-4-7-17-50;1-5(2,3)7-4-6/h4,6-7,10-14,16-18,21-25,27-28,48-49,52-55,64,66,74H,5,8-9,15,19-20,26,29-30,32-47H2,1-3H3,(H,77,84);4H,1-3H3/t49-,53-,54-,55+,64-,66-;/m0./s1. The number of carbonyl (C=O) groups is 4. The highest BCUT2D eigenvalue weighted by Crippen LogP contribution is 2.41. The van der Waals surface area contributed by atoms with Gasteiger partial charge in [-0.1, -0.05) is 110 Å². The predicted octanol–water partition coefficient (Wildman–Crippen LogP) is 11.1. The first kappa shape index (κ1) is 72.7. The van der Waals surface area contributed by atoms with Gasteiger partial charge in [-0.2, -0.15) is 15.2 Å². The van der Waals surface area contributed by atoms with Crippen LogP contribution in [0.4, 0.5) is 16.3 Å². The summed E-state index contributed by atoms with van der Waals surface area (Å²) in [6.45, 7) is 14.9. The van der Waals surface area contributed by atoms with E-state index < -0.39 is 18.2 Å². The minimum absolute atomic E-state index is 0.00524. The molecule has 2 N–H and O–H groups in total. The van der Waals surface area contributed by atoms with E-state index in [1.807, 2.05) is 81.1 Å². The van der Waals surface area contributed by atoms with Gasteiger partial charge in [-0.25, -0.2) is 9.78 Å². The molecule has 4 fully saturated rings. The Morgan fingerprint density at radius 2 is 1.49 bits per heavy atom. The molecule has 0 spiro atoms. The number of likely N-dealkylation sites (N-methyl/N-ethyl adjacent to an activating group) is 2. The van der Waals surface area contributed by atoms with Crippen molar-refractivity contribution < 1.29 is 52.3 Å². The molecule has 2 aromatic heterocycles. The zero-order chi connectivity index (χ0) is 70.0. The highest BCUT2D eigenvalue weighted by molar-refractivity contribution is 7.10. The first-order valence-electron chi connectivity index (χ1n) is 35.5. The zero-order valence-corrected chi connectivity index (χ0v) is 59.5. The van der Waals surface area contributed by atoms with Crippen molar-refractivity contribution in [1.29, 1.82) is 5.26 Å². The first-order chi connectivity index (χ1) is 48.7. The van der Waals surface area contributed by atoms with E-state index in [-0.39, 0.29) is 60.6 Å². The molecule has 4 aliphatic heterocycles. The van der Waals surface area contributed by atoms with Crippen molar-refractivity contribution in [1.82, 2.24) is 40.3 Å². The number of thiazole rings is 1. The molecule has 1 saturated carbocycles. The molecule has 532 valence electrons. The molecule has 22 nitrogen and oxygen atoms in total. The Kier molecular flexibility index (Phi) is 25.6. The summed E-state index contributed by atoms with van der Waals surface area (Å²) >= 11 is 1.59. The van der Waals surface area contributed by atoms with Gasteiger partial charge in [0, 0.05) is 78.3 Å². The summed E-state index contributed by atoms with van der Waals surface area (Å²) in [6, 6.07) is 38.0. The second kappa shape index (κ2) is 35.2. The van der Waals surface area contributed by atoms with Crippen LogP contribution in [-0.2, 0) is 57.6 Å². The molecule has 23 heteroatoms. The van der Waals surface area contributed by atoms with Crippen molar-refractivity contribution in [3.8, 4) is 29.1 Å². The van der Waals surface area contributed by atoms with Crippen molar-refractivity contribution in [2.75, 3.05) is 109 Å². The fourth-order valence-electron chi connectivity index (χ4n) is 14.1. The van der Waals surface area contributed by atoms with E-state index in [4.69, 9.17) is 43.4 Å². The summed E-state index contributed by atoms with van der Waals surface area (Å²) in [6.07, 6.45) is 8.18. The van der Waals surface area contributed by atoms with E-state index in [0.29, 0.717) is 91.5 Å². The van der Waals surface area contributed by atoms with Gasteiger partial charge in [-0.05, 0) is 121 Å². The van der Waals surface area contributed by atoms with Gasteiger partial charge in [-0.15, -0.1) is 11.3 Å². The minimum Gasteiger partial charge on any atom is -0.491 e. The van der Waals surface area contributed by atoms with Gasteiger partial charge in [0.2, 0.25) is 11.8 Å². The lowest BCUT2D eigenvalue weighted by Crippen LogP contribution is -2.55. The third-order valence-corrected chi connectivity index (χ3v) is 20.5. The number of anilines is 2. The van der Waals surface area contributed by atoms with Crippen molar-refractivity contribution in [2.24, 2.45) is 5.92 Å². The van der Waals surface area contributed by atoms with Crippen molar-refractivity contribution in [3.63, 3.8) is 0 Å². The fourth-order valence-corrected chi connectivity index (χ4v) is 15.1. The van der Waals surface area contributed by atoms with Gasteiger partial charge in [0.05, 0.1) is 87.7 Å². The molecule has 3 amide bonds. The van der Waals surface area contributed by atoms with E-state index in [0.717, 1.165) is 126 Å². The molecular formula is C77H97N11O11S. The maximum absolute atomic E-state index is 14.4. The monoisotopic (exact) mass is 1380 g/mol. The normalized spacial score (nSPS) is 19.5. The van der Waals surface area contributed by atoms with E-state index in [9.17, 15) is 24.4 Å². The second-order valence-corrected chi connectivity index (χ2v) is 28.4. The van der Waals surface area contributed by atoms with E-state index in [1.165, 1.54) is 17.2 Å². The maximum atomic E-state index is 14.4. The van der Waals surface area contributed by atoms with Crippen LogP contribution < -0.4 is 29.9 Å². The molecule has 6 atom stereocenters. The molecule has 7 aromatic rings. The molecule has 1 aliphatic carbocycles. The maximum Gasteiger partial charge on any atom is 0.410 e. The molecule has 100 heavy (non-hydrogen) atoms. The van der Waals surface area contributed by atoms with Crippen molar-refractivity contribution >= 4 is 68.8 Å². The van der Waals surface area contributed by atoms with Crippen LogP contribution in [0.5, 0.6) is 11.8 Å². The average Bonchev–Trinajstić information content (AvgIpc) is 1.02. The lowest BCUT2D eigenvalue weighted by atomic mass is 9.83. The van der Waals surface area contributed by atoms with Gasteiger partial charge in [0.25, 0.3) is 6.47 Å². The summed E-state index contributed by atoms with van der Waals surface area (Å²) in [5, 5.41) is 23.6. The van der Waals surface area contributed by atoms with Crippen LogP contribution in [0.3, 0.4) is 0 Å². The predicted molar refractivity (Wildman–Crippen MR) is 386 cm³/mol. The highest BCUT2D eigenvalue weighted by atomic mass is 32.1. The molecule has 5 aliphatic rings.